The Morgan fingerprint density at radius 2 is 1.86 bits per heavy atom. The van der Waals surface area contributed by atoms with Crippen molar-refractivity contribution in [2.45, 2.75) is 70.3 Å². The average molecular weight is 434 g/mol. The van der Waals surface area contributed by atoms with Crippen LogP contribution in [0.25, 0.3) is 0 Å². The zero-order chi connectivity index (χ0) is 20.5. The van der Waals surface area contributed by atoms with E-state index in [4.69, 9.17) is 27.9 Å². The van der Waals surface area contributed by atoms with Crippen LogP contribution in [0.3, 0.4) is 0 Å². The molecule has 154 valence electrons. The van der Waals surface area contributed by atoms with Crippen molar-refractivity contribution in [2.75, 3.05) is 0 Å². The van der Waals surface area contributed by atoms with Crippen LogP contribution in [-0.4, -0.2) is 23.6 Å². The van der Waals surface area contributed by atoms with Gasteiger partial charge in [-0.25, -0.2) is 0 Å². The molecule has 1 aromatic rings. The fraction of sp³-hybridized carbons (Fsp3) is 0.522. The molecular weight excluding hydrogens is 409 g/mol. The third-order valence-corrected chi connectivity index (χ3v) is 6.78. The van der Waals surface area contributed by atoms with Gasteiger partial charge < -0.3 is 4.74 Å². The number of hydrogen-bond donors (Lipinski definition) is 0. The Kier molecular flexibility index (Phi) is 6.12. The summed E-state index contributed by atoms with van der Waals surface area (Å²) in [6.45, 7) is 1.85. The highest BCUT2D eigenvalue weighted by atomic mass is 35.5. The fourth-order valence-electron chi connectivity index (χ4n) is 4.82. The molecule has 1 aromatic carbocycles. The Labute approximate surface area is 181 Å². The van der Waals surface area contributed by atoms with Gasteiger partial charge >= 0.3 is 5.97 Å². The third kappa shape index (κ3) is 4.15. The molecule has 0 spiro atoms. The molecule has 1 fully saturated rings. The maximum absolute atomic E-state index is 13.3. The second kappa shape index (κ2) is 8.61. The van der Waals surface area contributed by atoms with Gasteiger partial charge in [0.2, 0.25) is 0 Å². The largest absolute Gasteiger partial charge is 0.462 e. The number of halogens is 2. The number of ether oxygens (including phenoxy) is 1. The predicted octanol–water partition coefficient (Wildman–Crippen LogP) is 6.05. The van der Waals surface area contributed by atoms with E-state index in [1.54, 1.807) is 12.1 Å². The van der Waals surface area contributed by atoms with Crippen LogP contribution in [0.4, 0.5) is 0 Å². The number of ketones is 1. The smallest absolute Gasteiger partial charge is 0.315 e. The molecule has 1 heterocycles. The maximum atomic E-state index is 13.3. The van der Waals surface area contributed by atoms with Gasteiger partial charge in [0, 0.05) is 39.4 Å². The van der Waals surface area contributed by atoms with E-state index in [1.165, 1.54) is 6.42 Å². The highest BCUT2D eigenvalue weighted by Gasteiger charge is 2.44. The zero-order valence-corrected chi connectivity index (χ0v) is 18.1. The lowest BCUT2D eigenvalue weighted by Crippen LogP contribution is -2.39. The summed E-state index contributed by atoms with van der Waals surface area (Å²) in [5, 5.41) is 0.975. The Hall–Kier alpha value is -1.65. The van der Waals surface area contributed by atoms with Crippen LogP contribution in [0.1, 0.15) is 69.8 Å². The Balaban J connectivity index is 1.75. The van der Waals surface area contributed by atoms with Gasteiger partial charge in [-0.05, 0) is 63.1 Å². The average Bonchev–Trinajstić information content (AvgIpc) is 2.68. The lowest BCUT2D eigenvalue weighted by Gasteiger charge is -2.35. The van der Waals surface area contributed by atoms with Gasteiger partial charge in [0.1, 0.15) is 12.0 Å². The van der Waals surface area contributed by atoms with Crippen molar-refractivity contribution in [1.29, 1.82) is 0 Å². The van der Waals surface area contributed by atoms with Crippen molar-refractivity contribution in [3.8, 4) is 0 Å². The molecule has 0 aromatic heterocycles. The molecule has 1 saturated carbocycles. The summed E-state index contributed by atoms with van der Waals surface area (Å²) < 4.78 is 5.91. The van der Waals surface area contributed by atoms with Gasteiger partial charge in [-0.2, -0.15) is 0 Å². The van der Waals surface area contributed by atoms with E-state index in [9.17, 15) is 9.59 Å². The number of rotatable bonds is 3. The summed E-state index contributed by atoms with van der Waals surface area (Å²) in [6, 6.07) is 5.23. The summed E-state index contributed by atoms with van der Waals surface area (Å²) in [5.41, 5.74) is 2.84. The lowest BCUT2D eigenvalue weighted by atomic mass is 9.71. The van der Waals surface area contributed by atoms with E-state index in [2.05, 4.69) is 4.99 Å². The summed E-state index contributed by atoms with van der Waals surface area (Å²) >= 11 is 12.6. The maximum Gasteiger partial charge on any atom is 0.315 e. The molecule has 0 radical (unpaired) electrons. The van der Waals surface area contributed by atoms with Gasteiger partial charge in [-0.1, -0.05) is 35.7 Å². The van der Waals surface area contributed by atoms with Crippen LogP contribution in [0, 0.1) is 5.92 Å². The first-order valence-corrected chi connectivity index (χ1v) is 11.2. The van der Waals surface area contributed by atoms with Crippen molar-refractivity contribution >= 4 is 40.7 Å². The predicted molar refractivity (Wildman–Crippen MR) is 115 cm³/mol. The Morgan fingerprint density at radius 1 is 1.10 bits per heavy atom. The summed E-state index contributed by atoms with van der Waals surface area (Å²) in [6.07, 6.45) is 7.08. The monoisotopic (exact) mass is 433 g/mol. The molecule has 1 aliphatic heterocycles. The van der Waals surface area contributed by atoms with Gasteiger partial charge in [-0.15, -0.1) is 0 Å². The minimum absolute atomic E-state index is 0.0500. The topological polar surface area (TPSA) is 55.7 Å². The molecule has 3 aliphatic rings. The number of hydrogen-bond acceptors (Lipinski definition) is 4. The SMILES string of the molecule is CC1=NC2=C(C(=O)CCC2)[C@H](c2ccc(Cl)cc2Cl)C1C(=O)OC1CCCCC1. The molecule has 4 nitrogen and oxygen atoms in total. The minimum Gasteiger partial charge on any atom is -0.462 e. The van der Waals surface area contributed by atoms with E-state index in [1.807, 2.05) is 13.0 Å². The molecule has 2 atom stereocenters. The van der Waals surface area contributed by atoms with E-state index in [-0.39, 0.29) is 17.9 Å². The van der Waals surface area contributed by atoms with Crippen molar-refractivity contribution in [3.63, 3.8) is 0 Å². The number of benzene rings is 1. The first-order valence-electron chi connectivity index (χ1n) is 10.4. The number of carbonyl (C=O) groups is 2. The molecule has 4 rings (SSSR count). The Morgan fingerprint density at radius 3 is 2.59 bits per heavy atom. The number of esters is 1. The molecular formula is C23H25Cl2NO3. The van der Waals surface area contributed by atoms with E-state index in [0.717, 1.165) is 49.8 Å². The standard InChI is InChI=1S/C23H25Cl2NO3/c1-13-20(23(28)29-15-6-3-2-4-7-15)21(16-11-10-14(24)12-17(16)25)22-18(26-13)8-5-9-19(22)27/h10-12,15,20-21H,2-9H2,1H3/t20?,21-/m1/s1. The highest BCUT2D eigenvalue weighted by Crippen LogP contribution is 2.46. The molecule has 1 unspecified atom stereocenters. The van der Waals surface area contributed by atoms with Gasteiger partial charge in [0.05, 0.1) is 0 Å². The van der Waals surface area contributed by atoms with E-state index >= 15 is 0 Å². The molecule has 0 bridgehead atoms. The van der Waals surface area contributed by atoms with Crippen LogP contribution in [0.15, 0.2) is 34.5 Å². The third-order valence-electron chi connectivity index (χ3n) is 6.22. The zero-order valence-electron chi connectivity index (χ0n) is 16.5. The molecule has 29 heavy (non-hydrogen) atoms. The fourth-order valence-corrected chi connectivity index (χ4v) is 5.35. The van der Waals surface area contributed by atoms with Gasteiger partial charge in [-0.3, -0.25) is 14.6 Å². The molecule has 2 aliphatic carbocycles. The van der Waals surface area contributed by atoms with E-state index in [0.29, 0.717) is 27.8 Å². The first kappa shape index (κ1) is 20.6. The number of aliphatic imine (C=N–C) groups is 1. The number of allylic oxidation sites excluding steroid dienone is 2. The second-order valence-corrected chi connectivity index (χ2v) is 9.05. The number of nitrogens with zero attached hydrogens (tertiary/aromatic N) is 1. The lowest BCUT2D eigenvalue weighted by molar-refractivity contribution is -0.153. The van der Waals surface area contributed by atoms with Crippen LogP contribution >= 0.6 is 23.2 Å². The quantitative estimate of drug-likeness (QED) is 0.544. The molecule has 0 N–H and O–H groups in total. The second-order valence-electron chi connectivity index (χ2n) is 8.21. The highest BCUT2D eigenvalue weighted by molar-refractivity contribution is 6.35. The first-order chi connectivity index (χ1) is 14.0. The van der Waals surface area contributed by atoms with Crippen molar-refractivity contribution < 1.29 is 14.3 Å². The van der Waals surface area contributed by atoms with Gasteiger partial charge in [0.25, 0.3) is 0 Å². The minimum atomic E-state index is -0.642. The van der Waals surface area contributed by atoms with Crippen molar-refractivity contribution in [3.05, 3.63) is 45.1 Å². The van der Waals surface area contributed by atoms with Crippen LogP contribution in [0.2, 0.25) is 10.0 Å². The van der Waals surface area contributed by atoms with E-state index < -0.39 is 11.8 Å². The number of carbonyl (C=O) groups excluding carboxylic acids is 2. The van der Waals surface area contributed by atoms with Crippen LogP contribution in [-0.2, 0) is 14.3 Å². The van der Waals surface area contributed by atoms with Crippen LogP contribution < -0.4 is 0 Å². The Bertz CT molecular complexity index is 899. The van der Waals surface area contributed by atoms with Crippen molar-refractivity contribution in [2.24, 2.45) is 10.9 Å². The van der Waals surface area contributed by atoms with Gasteiger partial charge in [0.15, 0.2) is 5.78 Å². The summed E-state index contributed by atoms with van der Waals surface area (Å²) in [5.74, 6) is -1.37. The normalized spacial score (nSPS) is 25.5. The molecule has 0 saturated heterocycles. The summed E-state index contributed by atoms with van der Waals surface area (Å²) in [4.78, 5) is 30.9. The van der Waals surface area contributed by atoms with Crippen LogP contribution in [0.5, 0.6) is 0 Å². The summed E-state index contributed by atoms with van der Waals surface area (Å²) in [7, 11) is 0. The number of Topliss-reactive ketones (excluding diaryl/α,β-unsaturated/α-hetero) is 1. The van der Waals surface area contributed by atoms with Crippen molar-refractivity contribution in [1.82, 2.24) is 0 Å². The molecule has 6 heteroatoms. The molecule has 0 amide bonds.